The minimum atomic E-state index is -0.774. The molecule has 1 saturated heterocycles. The average Bonchev–Trinajstić information content (AvgIpc) is 2.23. The van der Waals surface area contributed by atoms with Crippen molar-refractivity contribution in [3.05, 3.63) is 0 Å². The molecule has 1 N–H and O–H groups in total. The molecule has 4 nitrogen and oxygen atoms in total. The van der Waals surface area contributed by atoms with Gasteiger partial charge in [0.05, 0.1) is 0 Å². The third-order valence-corrected chi connectivity index (χ3v) is 3.45. The molecular weight excluding hydrogens is 216 g/mol. The number of hydrogen-bond acceptors (Lipinski definition) is 2. The Bertz CT molecular complexity index is 313. The van der Waals surface area contributed by atoms with E-state index in [2.05, 4.69) is 12.2 Å². The molecule has 1 rings (SSSR count). The molecule has 1 heterocycles. The summed E-state index contributed by atoms with van der Waals surface area (Å²) in [7, 11) is 0. The monoisotopic (exact) mass is 240 g/mol. The highest BCUT2D eigenvalue weighted by atomic mass is 16.2. The van der Waals surface area contributed by atoms with Crippen LogP contribution in [0.15, 0.2) is 0 Å². The van der Waals surface area contributed by atoms with Gasteiger partial charge in [0.25, 0.3) is 0 Å². The molecular formula is C13H24N2O2. The van der Waals surface area contributed by atoms with Crippen molar-refractivity contribution in [3.8, 4) is 0 Å². The molecule has 98 valence electrons. The summed E-state index contributed by atoms with van der Waals surface area (Å²) >= 11 is 0. The molecule has 0 bridgehead atoms. The van der Waals surface area contributed by atoms with Crippen LogP contribution in [0.2, 0.25) is 0 Å². The first-order chi connectivity index (χ1) is 7.81. The van der Waals surface area contributed by atoms with Crippen molar-refractivity contribution >= 4 is 11.8 Å². The number of nitrogens with zero attached hydrogens (tertiary/aromatic N) is 1. The van der Waals surface area contributed by atoms with Gasteiger partial charge in [-0.05, 0) is 34.1 Å². The average molecular weight is 240 g/mol. The predicted octanol–water partition coefficient (Wildman–Crippen LogP) is 1.69. The van der Waals surface area contributed by atoms with Crippen LogP contribution in [-0.2, 0) is 9.59 Å². The summed E-state index contributed by atoms with van der Waals surface area (Å²) in [6, 6.07) is -0.231. The van der Waals surface area contributed by atoms with E-state index in [9.17, 15) is 9.59 Å². The van der Waals surface area contributed by atoms with E-state index in [0.717, 1.165) is 19.3 Å². The Labute approximate surface area is 104 Å². The highest BCUT2D eigenvalue weighted by Gasteiger charge is 2.44. The number of unbranched alkanes of at least 4 members (excludes halogenated alkanes) is 1. The maximum atomic E-state index is 12.3. The Morgan fingerprint density at radius 3 is 2.53 bits per heavy atom. The number of carbonyl (C=O) groups is 2. The largest absolute Gasteiger partial charge is 0.340 e. The molecule has 0 radical (unpaired) electrons. The molecule has 2 atom stereocenters. The molecule has 2 unspecified atom stereocenters. The second-order valence-electron chi connectivity index (χ2n) is 5.49. The molecule has 0 aromatic rings. The van der Waals surface area contributed by atoms with Crippen LogP contribution in [0.1, 0.15) is 53.9 Å². The van der Waals surface area contributed by atoms with Gasteiger partial charge in [0, 0.05) is 6.04 Å². The van der Waals surface area contributed by atoms with Crippen molar-refractivity contribution in [1.29, 1.82) is 0 Å². The zero-order valence-corrected chi connectivity index (χ0v) is 11.5. The van der Waals surface area contributed by atoms with E-state index in [1.54, 1.807) is 25.7 Å². The highest BCUT2D eigenvalue weighted by Crippen LogP contribution is 2.22. The fourth-order valence-electron chi connectivity index (χ4n) is 2.31. The molecule has 1 aliphatic heterocycles. The molecule has 0 aliphatic carbocycles. The summed E-state index contributed by atoms with van der Waals surface area (Å²) in [5.41, 5.74) is -0.774. The topological polar surface area (TPSA) is 49.4 Å². The van der Waals surface area contributed by atoms with Gasteiger partial charge >= 0.3 is 0 Å². The van der Waals surface area contributed by atoms with E-state index < -0.39 is 5.54 Å². The van der Waals surface area contributed by atoms with E-state index in [4.69, 9.17) is 0 Å². The van der Waals surface area contributed by atoms with Gasteiger partial charge in [0.2, 0.25) is 11.8 Å². The van der Waals surface area contributed by atoms with Crippen LogP contribution in [0, 0.1) is 0 Å². The van der Waals surface area contributed by atoms with Crippen LogP contribution in [-0.4, -0.2) is 34.3 Å². The predicted molar refractivity (Wildman–Crippen MR) is 67.5 cm³/mol. The van der Waals surface area contributed by atoms with Gasteiger partial charge in [0.1, 0.15) is 11.6 Å². The summed E-state index contributed by atoms with van der Waals surface area (Å²) < 4.78 is 0. The van der Waals surface area contributed by atoms with Crippen molar-refractivity contribution in [2.24, 2.45) is 0 Å². The van der Waals surface area contributed by atoms with Crippen LogP contribution >= 0.6 is 0 Å². The van der Waals surface area contributed by atoms with Crippen LogP contribution < -0.4 is 5.32 Å². The number of amides is 2. The van der Waals surface area contributed by atoms with E-state index >= 15 is 0 Å². The first-order valence-electron chi connectivity index (χ1n) is 6.46. The summed E-state index contributed by atoms with van der Waals surface area (Å²) in [5.74, 6) is -0.0360. The van der Waals surface area contributed by atoms with Crippen molar-refractivity contribution < 1.29 is 9.59 Å². The SMILES string of the molecule is CCCCC(C)N1C(=O)C(C)(C)NC(=O)C1C. The lowest BCUT2D eigenvalue weighted by atomic mass is 9.94. The maximum absolute atomic E-state index is 12.3. The smallest absolute Gasteiger partial charge is 0.248 e. The number of piperazine rings is 1. The summed E-state index contributed by atoms with van der Waals surface area (Å²) in [4.78, 5) is 25.9. The minimum absolute atomic E-state index is 0.0215. The second-order valence-corrected chi connectivity index (χ2v) is 5.49. The van der Waals surface area contributed by atoms with Gasteiger partial charge in [-0.15, -0.1) is 0 Å². The molecule has 0 spiro atoms. The Morgan fingerprint density at radius 1 is 1.41 bits per heavy atom. The molecule has 0 aromatic heterocycles. The highest BCUT2D eigenvalue weighted by molar-refractivity contribution is 5.99. The summed E-state index contributed by atoms with van der Waals surface area (Å²) in [5, 5.41) is 2.77. The first-order valence-corrected chi connectivity index (χ1v) is 6.46. The molecule has 0 saturated carbocycles. The van der Waals surface area contributed by atoms with E-state index in [0.29, 0.717) is 0 Å². The first kappa shape index (κ1) is 14.0. The number of hydrogen-bond donors (Lipinski definition) is 1. The van der Waals surface area contributed by atoms with Gasteiger partial charge in [-0.3, -0.25) is 9.59 Å². The quantitative estimate of drug-likeness (QED) is 0.813. The van der Waals surface area contributed by atoms with Crippen molar-refractivity contribution in [1.82, 2.24) is 10.2 Å². The minimum Gasteiger partial charge on any atom is -0.340 e. The zero-order chi connectivity index (χ0) is 13.2. The normalized spacial score (nSPS) is 25.7. The second kappa shape index (κ2) is 5.07. The standard InChI is InChI=1S/C13H24N2O2/c1-6-7-8-9(2)15-10(3)11(16)14-13(4,5)12(15)17/h9-10H,6-8H2,1-5H3,(H,14,16). The molecule has 2 amide bonds. The van der Waals surface area contributed by atoms with Gasteiger partial charge in [-0.2, -0.15) is 0 Å². The Balaban J connectivity index is 2.86. The van der Waals surface area contributed by atoms with Gasteiger partial charge in [-0.1, -0.05) is 19.8 Å². The zero-order valence-electron chi connectivity index (χ0n) is 11.5. The third-order valence-electron chi connectivity index (χ3n) is 3.45. The Hall–Kier alpha value is -1.06. The van der Waals surface area contributed by atoms with Crippen molar-refractivity contribution in [3.63, 3.8) is 0 Å². The molecule has 4 heteroatoms. The van der Waals surface area contributed by atoms with E-state index in [1.807, 2.05) is 6.92 Å². The molecule has 17 heavy (non-hydrogen) atoms. The fraction of sp³-hybridized carbons (Fsp3) is 0.846. The Kier molecular flexibility index (Phi) is 4.17. The van der Waals surface area contributed by atoms with Crippen molar-refractivity contribution in [2.45, 2.75) is 71.5 Å². The number of carbonyl (C=O) groups excluding carboxylic acids is 2. The lowest BCUT2D eigenvalue weighted by Crippen LogP contribution is -2.68. The summed E-state index contributed by atoms with van der Waals surface area (Å²) in [6.07, 6.45) is 3.14. The van der Waals surface area contributed by atoms with Crippen LogP contribution in [0.5, 0.6) is 0 Å². The number of nitrogens with one attached hydrogen (secondary N) is 1. The van der Waals surface area contributed by atoms with Crippen LogP contribution in [0.25, 0.3) is 0 Å². The van der Waals surface area contributed by atoms with E-state index in [1.165, 1.54) is 0 Å². The molecule has 1 fully saturated rings. The summed E-state index contributed by atoms with van der Waals surface area (Å²) in [6.45, 7) is 9.48. The van der Waals surface area contributed by atoms with E-state index in [-0.39, 0.29) is 23.9 Å². The lowest BCUT2D eigenvalue weighted by Gasteiger charge is -2.44. The fourth-order valence-corrected chi connectivity index (χ4v) is 2.31. The Morgan fingerprint density at radius 2 is 2.00 bits per heavy atom. The lowest BCUT2D eigenvalue weighted by molar-refractivity contribution is -0.155. The van der Waals surface area contributed by atoms with Crippen molar-refractivity contribution in [2.75, 3.05) is 0 Å². The molecule has 1 aliphatic rings. The third kappa shape index (κ3) is 2.79. The number of rotatable bonds is 4. The van der Waals surface area contributed by atoms with Crippen LogP contribution in [0.4, 0.5) is 0 Å². The van der Waals surface area contributed by atoms with Gasteiger partial charge in [0.15, 0.2) is 0 Å². The van der Waals surface area contributed by atoms with Gasteiger partial charge in [-0.25, -0.2) is 0 Å². The van der Waals surface area contributed by atoms with Crippen LogP contribution in [0.3, 0.4) is 0 Å². The maximum Gasteiger partial charge on any atom is 0.248 e. The molecule has 0 aromatic carbocycles. The van der Waals surface area contributed by atoms with Gasteiger partial charge < -0.3 is 10.2 Å².